The van der Waals surface area contributed by atoms with Crippen LogP contribution in [-0.2, 0) is 10.1 Å². The van der Waals surface area contributed by atoms with Gasteiger partial charge in [-0.3, -0.25) is 4.55 Å². The maximum absolute atomic E-state index is 13.1. The SMILES string of the molecule is CNC.O=S(=O)(O)C(F)(F)C(F)(F)C(F)(F)CCCCCC(F)(F)F. The van der Waals surface area contributed by atoms with E-state index in [2.05, 4.69) is 5.32 Å². The van der Waals surface area contributed by atoms with E-state index in [4.69, 9.17) is 4.55 Å². The molecule has 25 heavy (non-hydrogen) atoms. The molecule has 0 unspecified atom stereocenters. The molecule has 0 atom stereocenters. The van der Waals surface area contributed by atoms with Crippen LogP contribution in [0.3, 0.4) is 0 Å². The Labute approximate surface area is 138 Å². The van der Waals surface area contributed by atoms with Crippen molar-refractivity contribution in [2.24, 2.45) is 0 Å². The molecule has 0 radical (unpaired) electrons. The molecule has 0 heterocycles. The second kappa shape index (κ2) is 9.26. The Morgan fingerprint density at radius 2 is 1.16 bits per heavy atom. The summed E-state index contributed by atoms with van der Waals surface area (Å²) in [7, 11) is -3.06. The number of halogens is 9. The van der Waals surface area contributed by atoms with E-state index in [-0.39, 0.29) is 0 Å². The average molecular weight is 415 g/mol. The molecule has 0 saturated heterocycles. The first-order valence-corrected chi connectivity index (χ1v) is 8.07. The lowest BCUT2D eigenvalue weighted by atomic mass is 10.0. The Hall–Kier alpha value is -0.760. The highest BCUT2D eigenvalue weighted by Gasteiger charge is 2.76. The zero-order valence-corrected chi connectivity index (χ0v) is 13.9. The maximum atomic E-state index is 13.1. The third-order valence-electron chi connectivity index (χ3n) is 2.60. The van der Waals surface area contributed by atoms with E-state index in [0.29, 0.717) is 0 Å². The largest absolute Gasteiger partial charge is 0.437 e. The Bertz CT molecular complexity index is 492. The van der Waals surface area contributed by atoms with E-state index in [9.17, 15) is 47.9 Å². The second-order valence-corrected chi connectivity index (χ2v) is 6.41. The third-order valence-corrected chi connectivity index (χ3v) is 3.50. The second-order valence-electron chi connectivity index (χ2n) is 4.95. The fourth-order valence-corrected chi connectivity index (χ4v) is 1.85. The van der Waals surface area contributed by atoms with Gasteiger partial charge in [0.05, 0.1) is 0 Å². The molecule has 0 saturated carbocycles. The van der Waals surface area contributed by atoms with Crippen molar-refractivity contribution < 1.29 is 52.5 Å². The van der Waals surface area contributed by atoms with Crippen LogP contribution >= 0.6 is 0 Å². The van der Waals surface area contributed by atoms with E-state index in [1.807, 2.05) is 14.1 Å². The first-order valence-electron chi connectivity index (χ1n) is 6.63. The van der Waals surface area contributed by atoms with Gasteiger partial charge in [-0.25, -0.2) is 0 Å². The number of unbranched alkanes of at least 4 members (excludes halogenated alkanes) is 2. The third kappa shape index (κ3) is 7.98. The molecule has 0 bridgehead atoms. The van der Waals surface area contributed by atoms with Crippen molar-refractivity contribution in [2.45, 2.75) is 55.4 Å². The zero-order chi connectivity index (χ0) is 20.7. The number of nitrogens with one attached hydrogen (secondary N) is 1. The van der Waals surface area contributed by atoms with Crippen LogP contribution in [0.15, 0.2) is 0 Å². The highest BCUT2D eigenvalue weighted by atomic mass is 32.2. The van der Waals surface area contributed by atoms with Gasteiger partial charge < -0.3 is 5.32 Å². The van der Waals surface area contributed by atoms with E-state index in [0.717, 1.165) is 0 Å². The predicted octanol–water partition coefficient (Wildman–Crippen LogP) is 4.09. The van der Waals surface area contributed by atoms with Crippen LogP contribution in [-0.4, -0.2) is 50.3 Å². The summed E-state index contributed by atoms with van der Waals surface area (Å²) in [6.45, 7) is 0. The molecule has 0 amide bonds. The van der Waals surface area contributed by atoms with Gasteiger partial charge in [0.15, 0.2) is 0 Å². The Morgan fingerprint density at radius 3 is 1.48 bits per heavy atom. The minimum atomic E-state index is -6.81. The number of rotatable bonds is 8. The van der Waals surface area contributed by atoms with Crippen LogP contribution in [0.2, 0.25) is 0 Å². The smallest absolute Gasteiger partial charge is 0.323 e. The van der Waals surface area contributed by atoms with Crippen LogP contribution in [0.4, 0.5) is 39.5 Å². The fraction of sp³-hybridized carbons (Fsp3) is 1.00. The van der Waals surface area contributed by atoms with Crippen LogP contribution < -0.4 is 5.32 Å². The molecule has 0 aromatic carbocycles. The summed E-state index contributed by atoms with van der Waals surface area (Å²) in [4.78, 5) is 0. The van der Waals surface area contributed by atoms with Crippen LogP contribution in [0.25, 0.3) is 0 Å². The van der Waals surface area contributed by atoms with Gasteiger partial charge in [-0.15, -0.1) is 0 Å². The standard InChI is InChI=1S/C9H11F9O3S.C2H7N/c10-6(11,4-2-1-3-5-7(12,13)14)8(15,16)9(17,18)22(19,20)21;1-3-2/h1-5H2,(H,19,20,21);3H,1-2H3. The number of hydrogen-bond acceptors (Lipinski definition) is 3. The molecule has 0 aromatic heterocycles. The van der Waals surface area contributed by atoms with Crippen molar-refractivity contribution >= 4 is 10.1 Å². The van der Waals surface area contributed by atoms with E-state index < -0.39 is 65.5 Å². The Morgan fingerprint density at radius 1 is 0.800 bits per heavy atom. The van der Waals surface area contributed by atoms with Gasteiger partial charge >= 0.3 is 33.4 Å². The molecular weight excluding hydrogens is 397 g/mol. The van der Waals surface area contributed by atoms with E-state index >= 15 is 0 Å². The highest BCUT2D eigenvalue weighted by Crippen LogP contribution is 2.50. The Kier molecular flexibility index (Phi) is 9.80. The lowest BCUT2D eigenvalue weighted by Gasteiger charge is -2.30. The molecule has 0 spiro atoms. The van der Waals surface area contributed by atoms with Crippen molar-refractivity contribution in [2.75, 3.05) is 14.1 Å². The van der Waals surface area contributed by atoms with Crippen molar-refractivity contribution in [3.05, 3.63) is 0 Å². The van der Waals surface area contributed by atoms with Crippen LogP contribution in [0.1, 0.15) is 32.1 Å². The van der Waals surface area contributed by atoms with Crippen molar-refractivity contribution in [3.63, 3.8) is 0 Å². The summed E-state index contributed by atoms with van der Waals surface area (Å²) in [6.07, 6.45) is -10.2. The predicted molar refractivity (Wildman–Crippen MR) is 70.5 cm³/mol. The molecule has 0 aliphatic carbocycles. The molecule has 0 aliphatic heterocycles. The van der Waals surface area contributed by atoms with Gasteiger partial charge in [0, 0.05) is 12.8 Å². The van der Waals surface area contributed by atoms with Crippen molar-refractivity contribution in [3.8, 4) is 0 Å². The lowest BCUT2D eigenvalue weighted by molar-refractivity contribution is -0.283. The molecule has 0 aromatic rings. The fourth-order valence-electron chi connectivity index (χ4n) is 1.38. The average Bonchev–Trinajstić information content (AvgIpc) is 2.35. The molecule has 4 nitrogen and oxygen atoms in total. The van der Waals surface area contributed by atoms with Gasteiger partial charge in [0.1, 0.15) is 0 Å². The molecule has 2 N–H and O–H groups in total. The van der Waals surface area contributed by atoms with Gasteiger partial charge in [-0.05, 0) is 26.9 Å². The summed E-state index contributed by atoms with van der Waals surface area (Å²) in [6, 6.07) is 0. The van der Waals surface area contributed by atoms with Gasteiger partial charge in [-0.2, -0.15) is 47.9 Å². The Balaban J connectivity index is 0. The first kappa shape index (κ1) is 26.5. The van der Waals surface area contributed by atoms with Crippen LogP contribution in [0.5, 0.6) is 0 Å². The van der Waals surface area contributed by atoms with E-state index in [1.165, 1.54) is 0 Å². The minimum absolute atomic E-state index is 0.609. The van der Waals surface area contributed by atoms with Gasteiger partial charge in [-0.1, -0.05) is 6.42 Å². The summed E-state index contributed by atoms with van der Waals surface area (Å²) in [5.74, 6) is -12.0. The van der Waals surface area contributed by atoms with Crippen molar-refractivity contribution in [1.82, 2.24) is 5.32 Å². The molecule has 14 heteroatoms. The van der Waals surface area contributed by atoms with Gasteiger partial charge in [0.2, 0.25) is 0 Å². The van der Waals surface area contributed by atoms with Gasteiger partial charge in [0.25, 0.3) is 0 Å². The zero-order valence-electron chi connectivity index (χ0n) is 13.1. The monoisotopic (exact) mass is 415 g/mol. The molecule has 0 fully saturated rings. The summed E-state index contributed by atoms with van der Waals surface area (Å²) in [5.41, 5.74) is 0. The molecule has 154 valence electrons. The molecule has 0 aliphatic rings. The maximum Gasteiger partial charge on any atom is 0.437 e. The van der Waals surface area contributed by atoms with E-state index in [1.54, 1.807) is 0 Å². The summed E-state index contributed by atoms with van der Waals surface area (Å²) >= 11 is 0. The minimum Gasteiger partial charge on any atom is -0.323 e. The molecule has 0 rings (SSSR count). The first-order chi connectivity index (χ1) is 10.9. The number of alkyl halides is 9. The number of hydrogen-bond donors (Lipinski definition) is 2. The summed E-state index contributed by atoms with van der Waals surface area (Å²) in [5, 5.41) is -3.69. The highest BCUT2D eigenvalue weighted by molar-refractivity contribution is 7.87. The van der Waals surface area contributed by atoms with Crippen molar-refractivity contribution in [1.29, 1.82) is 0 Å². The lowest BCUT2D eigenvalue weighted by Crippen LogP contribution is -2.57. The quantitative estimate of drug-likeness (QED) is 0.356. The van der Waals surface area contributed by atoms with Crippen LogP contribution in [0, 0.1) is 0 Å². The topological polar surface area (TPSA) is 66.4 Å². The molecular formula is C11H18F9NO3S. The summed E-state index contributed by atoms with van der Waals surface area (Å²) < 4.78 is 141. The normalized spacial score (nSPS) is 14.1.